The van der Waals surface area contributed by atoms with Crippen molar-refractivity contribution in [2.24, 2.45) is 0 Å². The van der Waals surface area contributed by atoms with Crippen LogP contribution in [0, 0.1) is 0 Å². The third-order valence-corrected chi connectivity index (χ3v) is 4.50. The van der Waals surface area contributed by atoms with Gasteiger partial charge >= 0.3 is 0 Å². The van der Waals surface area contributed by atoms with Crippen LogP contribution >= 0.6 is 15.9 Å². The maximum atomic E-state index is 12.5. The standard InChI is InChI=1S/C14H16BrN3O2S/c1-2-8-16-13-7-4-9-17-14(13)21(19,20)18-12-6-3-5-11(15)10-12/h3-7,9-10,16,18H,2,8H2,1H3. The van der Waals surface area contributed by atoms with Crippen molar-refractivity contribution in [1.82, 2.24) is 4.98 Å². The third-order valence-electron chi connectivity index (χ3n) is 2.67. The van der Waals surface area contributed by atoms with E-state index in [-0.39, 0.29) is 5.03 Å². The van der Waals surface area contributed by atoms with Gasteiger partial charge in [-0.25, -0.2) is 4.98 Å². The van der Waals surface area contributed by atoms with E-state index in [9.17, 15) is 8.42 Å². The van der Waals surface area contributed by atoms with Gasteiger partial charge in [-0.15, -0.1) is 0 Å². The van der Waals surface area contributed by atoms with E-state index in [0.29, 0.717) is 17.9 Å². The first-order valence-electron chi connectivity index (χ1n) is 6.50. The molecular formula is C14H16BrN3O2S. The summed E-state index contributed by atoms with van der Waals surface area (Å²) in [5.41, 5.74) is 0.985. The first-order valence-corrected chi connectivity index (χ1v) is 8.78. The quantitative estimate of drug-likeness (QED) is 0.817. The number of nitrogens with one attached hydrogen (secondary N) is 2. The summed E-state index contributed by atoms with van der Waals surface area (Å²) < 4.78 is 28.3. The number of sulfonamides is 1. The SMILES string of the molecule is CCCNc1cccnc1S(=O)(=O)Nc1cccc(Br)c1. The van der Waals surface area contributed by atoms with E-state index in [4.69, 9.17) is 0 Å². The molecule has 0 atom stereocenters. The van der Waals surface area contributed by atoms with E-state index in [0.717, 1.165) is 10.9 Å². The number of hydrogen-bond acceptors (Lipinski definition) is 4. The number of aromatic nitrogens is 1. The highest BCUT2D eigenvalue weighted by molar-refractivity contribution is 9.10. The van der Waals surface area contributed by atoms with Gasteiger partial charge in [-0.05, 0) is 36.8 Å². The van der Waals surface area contributed by atoms with Crippen molar-refractivity contribution in [3.63, 3.8) is 0 Å². The van der Waals surface area contributed by atoms with E-state index in [2.05, 4.69) is 31.0 Å². The van der Waals surface area contributed by atoms with Crippen molar-refractivity contribution in [3.8, 4) is 0 Å². The highest BCUT2D eigenvalue weighted by atomic mass is 79.9. The van der Waals surface area contributed by atoms with E-state index in [1.807, 2.05) is 13.0 Å². The number of nitrogens with zero attached hydrogens (tertiary/aromatic N) is 1. The number of anilines is 2. The van der Waals surface area contributed by atoms with Crippen molar-refractivity contribution in [2.45, 2.75) is 18.4 Å². The summed E-state index contributed by atoms with van der Waals surface area (Å²) in [5, 5.41) is 3.07. The molecule has 0 unspecified atom stereocenters. The maximum absolute atomic E-state index is 12.5. The molecule has 112 valence electrons. The van der Waals surface area contributed by atoms with Crippen molar-refractivity contribution < 1.29 is 8.42 Å². The molecule has 1 heterocycles. The summed E-state index contributed by atoms with van der Waals surface area (Å²) in [6.45, 7) is 2.70. The Morgan fingerprint density at radius 2 is 2.05 bits per heavy atom. The molecule has 2 aromatic rings. The van der Waals surface area contributed by atoms with Crippen molar-refractivity contribution >= 4 is 37.3 Å². The molecule has 0 saturated carbocycles. The number of pyridine rings is 1. The molecule has 1 aromatic heterocycles. The van der Waals surface area contributed by atoms with Crippen molar-refractivity contribution in [2.75, 3.05) is 16.6 Å². The smallest absolute Gasteiger partial charge is 0.281 e. The first-order chi connectivity index (χ1) is 10.0. The van der Waals surface area contributed by atoms with Gasteiger partial charge in [-0.2, -0.15) is 8.42 Å². The highest BCUT2D eigenvalue weighted by Crippen LogP contribution is 2.23. The van der Waals surface area contributed by atoms with Crippen molar-refractivity contribution in [3.05, 3.63) is 47.1 Å². The Morgan fingerprint density at radius 1 is 1.24 bits per heavy atom. The summed E-state index contributed by atoms with van der Waals surface area (Å²) in [4.78, 5) is 4.00. The highest BCUT2D eigenvalue weighted by Gasteiger charge is 2.20. The van der Waals surface area contributed by atoms with Gasteiger partial charge in [0, 0.05) is 22.9 Å². The van der Waals surface area contributed by atoms with E-state index < -0.39 is 10.0 Å². The first kappa shape index (κ1) is 15.8. The minimum atomic E-state index is -3.74. The predicted octanol–water partition coefficient (Wildman–Crippen LogP) is 3.47. The third kappa shape index (κ3) is 4.18. The normalized spacial score (nSPS) is 11.1. The van der Waals surface area contributed by atoms with Crippen LogP contribution in [0.15, 0.2) is 52.1 Å². The van der Waals surface area contributed by atoms with E-state index in [1.54, 1.807) is 30.3 Å². The predicted molar refractivity (Wildman–Crippen MR) is 88.0 cm³/mol. The van der Waals surface area contributed by atoms with Gasteiger partial charge in [0.15, 0.2) is 5.03 Å². The zero-order valence-corrected chi connectivity index (χ0v) is 13.9. The Bertz CT molecular complexity index is 720. The lowest BCUT2D eigenvalue weighted by Crippen LogP contribution is -2.17. The van der Waals surface area contributed by atoms with Gasteiger partial charge in [0.05, 0.1) is 5.69 Å². The fraction of sp³-hybridized carbons (Fsp3) is 0.214. The van der Waals surface area contributed by atoms with E-state index >= 15 is 0 Å². The van der Waals surface area contributed by atoms with Gasteiger partial charge in [0.1, 0.15) is 0 Å². The lowest BCUT2D eigenvalue weighted by atomic mass is 10.3. The average molecular weight is 370 g/mol. The zero-order valence-electron chi connectivity index (χ0n) is 11.5. The van der Waals surface area contributed by atoms with Gasteiger partial charge in [-0.1, -0.05) is 28.9 Å². The number of benzene rings is 1. The van der Waals surface area contributed by atoms with Gasteiger partial charge in [0.2, 0.25) is 0 Å². The molecule has 2 rings (SSSR count). The molecule has 0 spiro atoms. The van der Waals surface area contributed by atoms with Crippen LogP contribution in [0.2, 0.25) is 0 Å². The molecule has 0 saturated heterocycles. The molecule has 7 heteroatoms. The van der Waals surface area contributed by atoms with Gasteiger partial charge in [0.25, 0.3) is 10.0 Å². The Hall–Kier alpha value is -1.60. The largest absolute Gasteiger partial charge is 0.383 e. The lowest BCUT2D eigenvalue weighted by Gasteiger charge is -2.12. The Morgan fingerprint density at radius 3 is 2.76 bits per heavy atom. The summed E-state index contributed by atoms with van der Waals surface area (Å²) in [7, 11) is -3.74. The number of rotatable bonds is 6. The molecule has 0 aliphatic rings. The summed E-state index contributed by atoms with van der Waals surface area (Å²) in [5.74, 6) is 0. The second-order valence-corrected chi connectivity index (χ2v) is 6.91. The topological polar surface area (TPSA) is 71.1 Å². The number of halogens is 1. The Labute approximate surface area is 133 Å². The Kier molecular flexibility index (Phi) is 5.19. The van der Waals surface area contributed by atoms with Crippen LogP contribution in [0.5, 0.6) is 0 Å². The van der Waals surface area contributed by atoms with Crippen LogP contribution < -0.4 is 10.0 Å². The second kappa shape index (κ2) is 6.91. The van der Waals surface area contributed by atoms with Crippen LogP contribution in [0.3, 0.4) is 0 Å². The molecule has 0 aliphatic carbocycles. The zero-order chi connectivity index (χ0) is 15.3. The summed E-state index contributed by atoms with van der Waals surface area (Å²) >= 11 is 3.31. The van der Waals surface area contributed by atoms with Crippen LogP contribution in [-0.2, 0) is 10.0 Å². The van der Waals surface area contributed by atoms with Gasteiger partial charge < -0.3 is 5.32 Å². The lowest BCUT2D eigenvalue weighted by molar-refractivity contribution is 0.598. The van der Waals surface area contributed by atoms with Crippen LogP contribution in [0.1, 0.15) is 13.3 Å². The maximum Gasteiger partial charge on any atom is 0.281 e. The second-order valence-electron chi connectivity index (χ2n) is 4.40. The van der Waals surface area contributed by atoms with Crippen LogP contribution in [0.25, 0.3) is 0 Å². The number of hydrogen-bond donors (Lipinski definition) is 2. The molecule has 0 bridgehead atoms. The molecule has 2 N–H and O–H groups in total. The molecular weight excluding hydrogens is 354 g/mol. The summed E-state index contributed by atoms with van der Waals surface area (Å²) in [6, 6.07) is 10.4. The van der Waals surface area contributed by atoms with Crippen LogP contribution in [-0.4, -0.2) is 19.9 Å². The van der Waals surface area contributed by atoms with Gasteiger partial charge in [-0.3, -0.25) is 4.72 Å². The van der Waals surface area contributed by atoms with E-state index in [1.165, 1.54) is 6.20 Å². The average Bonchev–Trinajstić information content (AvgIpc) is 2.45. The van der Waals surface area contributed by atoms with Crippen molar-refractivity contribution in [1.29, 1.82) is 0 Å². The monoisotopic (exact) mass is 369 g/mol. The molecule has 1 aromatic carbocycles. The molecule has 0 fully saturated rings. The minimum Gasteiger partial charge on any atom is -0.383 e. The molecule has 21 heavy (non-hydrogen) atoms. The Balaban J connectivity index is 2.31. The molecule has 0 aliphatic heterocycles. The fourth-order valence-electron chi connectivity index (χ4n) is 1.75. The summed E-state index contributed by atoms with van der Waals surface area (Å²) in [6.07, 6.45) is 2.36. The molecule has 0 radical (unpaired) electrons. The molecule has 0 amide bonds. The minimum absolute atomic E-state index is 0.00146. The molecule has 5 nitrogen and oxygen atoms in total. The van der Waals surface area contributed by atoms with Crippen LogP contribution in [0.4, 0.5) is 11.4 Å². The fourth-order valence-corrected chi connectivity index (χ4v) is 3.32.